The van der Waals surface area contributed by atoms with E-state index in [0.29, 0.717) is 16.8 Å². The third-order valence-corrected chi connectivity index (χ3v) is 14.2. The Bertz CT molecular complexity index is 1340. The molecule has 0 fully saturated rings. The SMILES string of the molecule is CC[C@@]1(O)C(=O)OCc2c1cc1n(c2=O)C([Si](CC)(CC)CC)c2cc3ccccc3nc2-1. The van der Waals surface area contributed by atoms with E-state index in [4.69, 9.17) is 9.72 Å². The highest BCUT2D eigenvalue weighted by Gasteiger charge is 2.49. The molecule has 0 amide bonds. The van der Waals surface area contributed by atoms with Gasteiger partial charge in [-0.15, -0.1) is 0 Å². The van der Waals surface area contributed by atoms with Crippen LogP contribution in [-0.2, 0) is 21.7 Å². The standard InChI is InChI=1S/C26H30N2O4Si/c1-5-26(31)19-14-21-22-17(13-16-11-9-10-12-20(16)27-22)24(33(6-2,7-3)8-4)28(21)23(29)18(19)15-32-25(26)30/h9-14,24,31H,5-8,15H2,1-4H3/t24?,26-/m0/s1. The predicted molar refractivity (Wildman–Crippen MR) is 131 cm³/mol. The van der Waals surface area contributed by atoms with Gasteiger partial charge in [0.2, 0.25) is 0 Å². The molecular formula is C26H30N2O4Si. The molecule has 2 aliphatic heterocycles. The summed E-state index contributed by atoms with van der Waals surface area (Å²) in [5, 5.41) is 12.3. The Balaban J connectivity index is 1.90. The number of ether oxygens (including phenoxy) is 1. The van der Waals surface area contributed by atoms with E-state index in [1.807, 2.05) is 28.8 Å². The number of hydrogen-bond acceptors (Lipinski definition) is 5. The lowest BCUT2D eigenvalue weighted by Crippen LogP contribution is -2.48. The smallest absolute Gasteiger partial charge is 0.343 e. The first-order valence-electron chi connectivity index (χ1n) is 11.9. The van der Waals surface area contributed by atoms with Crippen LogP contribution in [0.4, 0.5) is 0 Å². The van der Waals surface area contributed by atoms with Crippen molar-refractivity contribution in [1.29, 1.82) is 0 Å². The monoisotopic (exact) mass is 462 g/mol. The Morgan fingerprint density at radius 2 is 1.82 bits per heavy atom. The molecule has 172 valence electrons. The lowest BCUT2D eigenvalue weighted by atomic mass is 9.86. The Morgan fingerprint density at radius 1 is 1.12 bits per heavy atom. The molecule has 4 heterocycles. The van der Waals surface area contributed by atoms with Gasteiger partial charge < -0.3 is 14.4 Å². The molecule has 33 heavy (non-hydrogen) atoms. The highest BCUT2D eigenvalue weighted by molar-refractivity contribution is 6.81. The predicted octanol–water partition coefficient (Wildman–Crippen LogP) is 4.67. The lowest BCUT2D eigenvalue weighted by Gasteiger charge is -2.37. The van der Waals surface area contributed by atoms with Crippen molar-refractivity contribution < 1.29 is 14.6 Å². The van der Waals surface area contributed by atoms with Gasteiger partial charge in [-0.1, -0.05) is 64.0 Å². The topological polar surface area (TPSA) is 81.4 Å². The van der Waals surface area contributed by atoms with Crippen LogP contribution in [0.25, 0.3) is 22.3 Å². The molecule has 3 aromatic rings. The number of aromatic nitrogens is 2. The molecule has 7 heteroatoms. The highest BCUT2D eigenvalue weighted by atomic mass is 28.3. The van der Waals surface area contributed by atoms with Gasteiger partial charge in [-0.2, -0.15) is 0 Å². The summed E-state index contributed by atoms with van der Waals surface area (Å²) in [5.41, 5.74) is 2.21. The first-order valence-corrected chi connectivity index (χ1v) is 14.6. The molecule has 0 aliphatic carbocycles. The van der Waals surface area contributed by atoms with E-state index in [2.05, 4.69) is 32.9 Å². The second kappa shape index (κ2) is 7.63. The molecule has 2 aliphatic rings. The van der Waals surface area contributed by atoms with Gasteiger partial charge >= 0.3 is 5.97 Å². The van der Waals surface area contributed by atoms with Gasteiger partial charge in [0.05, 0.1) is 36.2 Å². The van der Waals surface area contributed by atoms with Crippen LogP contribution in [0.15, 0.2) is 41.2 Å². The molecule has 1 unspecified atom stereocenters. The van der Waals surface area contributed by atoms with E-state index < -0.39 is 19.6 Å². The van der Waals surface area contributed by atoms with Crippen LogP contribution in [0.3, 0.4) is 0 Å². The van der Waals surface area contributed by atoms with Crippen molar-refractivity contribution >= 4 is 24.9 Å². The van der Waals surface area contributed by atoms with Crippen LogP contribution in [-0.4, -0.2) is 28.7 Å². The van der Waals surface area contributed by atoms with Crippen molar-refractivity contribution in [3.05, 3.63) is 63.4 Å². The second-order valence-corrected chi connectivity index (χ2v) is 14.7. The summed E-state index contributed by atoms with van der Waals surface area (Å²) in [6, 6.07) is 15.2. The minimum atomic E-state index is -1.96. The minimum absolute atomic E-state index is 0.0373. The van der Waals surface area contributed by atoms with Crippen LogP contribution >= 0.6 is 0 Å². The van der Waals surface area contributed by atoms with Crippen LogP contribution in [0.5, 0.6) is 0 Å². The number of fused-ring (bicyclic) bond motifs is 5. The molecule has 1 N–H and O–H groups in total. The summed E-state index contributed by atoms with van der Waals surface area (Å²) >= 11 is 0. The third-order valence-electron chi connectivity index (χ3n) is 8.23. The average molecular weight is 463 g/mol. The van der Waals surface area contributed by atoms with Gasteiger partial charge in [-0.25, -0.2) is 9.78 Å². The molecule has 0 spiro atoms. The number of aliphatic hydroxyl groups is 1. The Kier molecular flexibility index (Phi) is 5.10. The van der Waals surface area contributed by atoms with Crippen molar-refractivity contribution in [3.8, 4) is 11.4 Å². The number of hydrogen-bond donors (Lipinski definition) is 1. The molecule has 1 aromatic carbocycles. The van der Waals surface area contributed by atoms with Crippen molar-refractivity contribution in [3.63, 3.8) is 0 Å². The number of nitrogens with zero attached hydrogens (tertiary/aromatic N) is 2. The molecule has 0 bridgehead atoms. The Labute approximate surface area is 194 Å². The summed E-state index contributed by atoms with van der Waals surface area (Å²) in [7, 11) is -1.96. The maximum absolute atomic E-state index is 14.0. The molecule has 5 rings (SSSR count). The lowest BCUT2D eigenvalue weighted by molar-refractivity contribution is -0.172. The van der Waals surface area contributed by atoms with Crippen LogP contribution < -0.4 is 5.56 Å². The van der Waals surface area contributed by atoms with Crippen molar-refractivity contribution in [2.75, 3.05) is 0 Å². The zero-order valence-corrected chi connectivity index (χ0v) is 20.6. The van der Waals surface area contributed by atoms with Gasteiger partial charge in [0.1, 0.15) is 6.61 Å². The number of rotatable bonds is 5. The summed E-state index contributed by atoms with van der Waals surface area (Å²) < 4.78 is 7.21. The van der Waals surface area contributed by atoms with E-state index >= 15 is 0 Å². The number of carbonyl (C=O) groups excluding carboxylic acids is 1. The molecule has 2 atom stereocenters. The number of para-hydroxylation sites is 1. The van der Waals surface area contributed by atoms with E-state index in [-0.39, 0.29) is 24.3 Å². The van der Waals surface area contributed by atoms with Gasteiger partial charge in [-0.05, 0) is 24.6 Å². The minimum Gasteiger partial charge on any atom is -0.458 e. The maximum Gasteiger partial charge on any atom is 0.343 e. The number of esters is 1. The Hall–Kier alpha value is -2.77. The van der Waals surface area contributed by atoms with Gasteiger partial charge in [-0.3, -0.25) is 4.79 Å². The highest BCUT2D eigenvalue weighted by Crippen LogP contribution is 2.48. The third kappa shape index (κ3) is 2.85. The van der Waals surface area contributed by atoms with Gasteiger partial charge in [0.25, 0.3) is 5.56 Å². The molecule has 0 saturated carbocycles. The molecular weight excluding hydrogens is 432 g/mol. The molecule has 2 aromatic heterocycles. The van der Waals surface area contributed by atoms with E-state index in [1.165, 1.54) is 0 Å². The van der Waals surface area contributed by atoms with Gasteiger partial charge in [0, 0.05) is 16.5 Å². The fourth-order valence-corrected chi connectivity index (χ4v) is 10.3. The van der Waals surface area contributed by atoms with Crippen molar-refractivity contribution in [1.82, 2.24) is 9.55 Å². The largest absolute Gasteiger partial charge is 0.458 e. The normalized spacial score (nSPS) is 21.5. The summed E-state index contributed by atoms with van der Waals surface area (Å²) in [5.74, 6) is -0.692. The van der Waals surface area contributed by atoms with Crippen molar-refractivity contribution in [2.45, 2.75) is 70.1 Å². The summed E-state index contributed by atoms with van der Waals surface area (Å²) in [6.45, 7) is 8.35. The fourth-order valence-electron chi connectivity index (χ4n) is 5.93. The molecule has 0 radical (unpaired) electrons. The van der Waals surface area contributed by atoms with Crippen LogP contribution in [0, 0.1) is 0 Å². The number of carbonyl (C=O) groups is 1. The van der Waals surface area contributed by atoms with E-state index in [1.54, 1.807) is 6.92 Å². The first kappa shape index (κ1) is 22.0. The zero-order chi connectivity index (χ0) is 23.5. The first-order chi connectivity index (χ1) is 15.8. The van der Waals surface area contributed by atoms with Crippen LogP contribution in [0.1, 0.15) is 56.5 Å². The number of benzene rings is 1. The maximum atomic E-state index is 14.0. The van der Waals surface area contributed by atoms with Crippen molar-refractivity contribution in [2.24, 2.45) is 0 Å². The summed E-state index contributed by atoms with van der Waals surface area (Å²) in [4.78, 5) is 31.6. The molecule has 0 saturated heterocycles. The summed E-state index contributed by atoms with van der Waals surface area (Å²) in [6.07, 6.45) is 0.140. The van der Waals surface area contributed by atoms with E-state index in [9.17, 15) is 14.7 Å². The van der Waals surface area contributed by atoms with E-state index in [0.717, 1.165) is 40.3 Å². The van der Waals surface area contributed by atoms with Crippen LogP contribution in [0.2, 0.25) is 18.1 Å². The zero-order valence-electron chi connectivity index (χ0n) is 19.6. The quantitative estimate of drug-likeness (QED) is 0.440. The van der Waals surface area contributed by atoms with Gasteiger partial charge in [0.15, 0.2) is 5.60 Å². The number of pyridine rings is 2. The Morgan fingerprint density at radius 3 is 2.48 bits per heavy atom. The second-order valence-electron chi connectivity index (χ2n) is 9.33. The number of cyclic esters (lactones) is 1. The average Bonchev–Trinajstić information content (AvgIpc) is 3.16. The molecule has 6 nitrogen and oxygen atoms in total. The fraction of sp³-hybridized carbons (Fsp3) is 0.423.